The van der Waals surface area contributed by atoms with Crippen LogP contribution in [0.1, 0.15) is 23.0 Å². The van der Waals surface area contributed by atoms with Gasteiger partial charge in [-0.25, -0.2) is 4.39 Å². The molecule has 0 saturated heterocycles. The Hall–Kier alpha value is -2.44. The van der Waals surface area contributed by atoms with Crippen LogP contribution in [0, 0.1) is 12.7 Å². The van der Waals surface area contributed by atoms with Crippen LogP contribution >= 0.6 is 0 Å². The van der Waals surface area contributed by atoms with E-state index in [9.17, 15) is 9.50 Å². The van der Waals surface area contributed by atoms with Crippen molar-refractivity contribution in [2.45, 2.75) is 19.6 Å². The van der Waals surface area contributed by atoms with E-state index in [4.69, 9.17) is 4.42 Å². The molecule has 1 unspecified atom stereocenters. The summed E-state index contributed by atoms with van der Waals surface area (Å²) in [6.45, 7) is 2.77. The van der Waals surface area contributed by atoms with Crippen molar-refractivity contribution < 1.29 is 13.9 Å². The quantitative estimate of drug-likeness (QED) is 0.654. The van der Waals surface area contributed by atoms with Gasteiger partial charge >= 0.3 is 0 Å². The standard InChI is InChI=1S/C17H18FN3O2/c1-11-2-7-16(23-11)17-13(9-20-21-17)8-19-10-15(22)12-3-5-14(18)6-4-12/h2-7,9,15,19,22H,8,10H2,1H3,(H,20,21). The zero-order valence-corrected chi connectivity index (χ0v) is 12.7. The molecule has 3 N–H and O–H groups in total. The molecular weight excluding hydrogens is 297 g/mol. The average Bonchev–Trinajstić information content (AvgIpc) is 3.16. The fourth-order valence-corrected chi connectivity index (χ4v) is 2.37. The first-order chi connectivity index (χ1) is 11.1. The number of benzene rings is 1. The Bertz CT molecular complexity index is 764. The molecule has 0 spiro atoms. The number of furan rings is 1. The third-order valence-corrected chi connectivity index (χ3v) is 3.61. The third-order valence-electron chi connectivity index (χ3n) is 3.61. The van der Waals surface area contributed by atoms with E-state index in [1.54, 1.807) is 18.3 Å². The Morgan fingerprint density at radius 1 is 1.26 bits per heavy atom. The first-order valence-electron chi connectivity index (χ1n) is 7.37. The van der Waals surface area contributed by atoms with Gasteiger partial charge in [-0.1, -0.05) is 12.1 Å². The maximum atomic E-state index is 12.9. The molecule has 1 atom stereocenters. The van der Waals surface area contributed by atoms with E-state index in [0.717, 1.165) is 22.8 Å². The van der Waals surface area contributed by atoms with Gasteiger partial charge in [0.05, 0.1) is 12.3 Å². The second-order valence-corrected chi connectivity index (χ2v) is 5.38. The topological polar surface area (TPSA) is 74.1 Å². The number of rotatable bonds is 6. The van der Waals surface area contributed by atoms with Gasteiger partial charge in [0.15, 0.2) is 5.76 Å². The molecule has 3 rings (SSSR count). The summed E-state index contributed by atoms with van der Waals surface area (Å²) in [5.74, 6) is 1.25. The van der Waals surface area contributed by atoms with E-state index in [0.29, 0.717) is 18.7 Å². The molecule has 0 fully saturated rings. The van der Waals surface area contributed by atoms with Gasteiger partial charge < -0.3 is 14.8 Å². The van der Waals surface area contributed by atoms with E-state index in [2.05, 4.69) is 15.5 Å². The lowest BCUT2D eigenvalue weighted by atomic mass is 10.1. The van der Waals surface area contributed by atoms with Crippen LogP contribution in [0.4, 0.5) is 4.39 Å². The Morgan fingerprint density at radius 2 is 2.04 bits per heavy atom. The van der Waals surface area contributed by atoms with Gasteiger partial charge in [0, 0.05) is 18.7 Å². The molecule has 0 aliphatic heterocycles. The summed E-state index contributed by atoms with van der Waals surface area (Å²) in [7, 11) is 0. The zero-order valence-electron chi connectivity index (χ0n) is 12.7. The average molecular weight is 315 g/mol. The number of aliphatic hydroxyl groups is 1. The molecule has 0 saturated carbocycles. The number of halogens is 1. The lowest BCUT2D eigenvalue weighted by molar-refractivity contribution is 0.174. The van der Waals surface area contributed by atoms with Crippen LogP contribution in [0.5, 0.6) is 0 Å². The number of hydrogen-bond donors (Lipinski definition) is 3. The number of nitrogens with one attached hydrogen (secondary N) is 2. The summed E-state index contributed by atoms with van der Waals surface area (Å²) >= 11 is 0. The zero-order chi connectivity index (χ0) is 16.2. The van der Waals surface area contributed by atoms with Crippen molar-refractivity contribution in [1.82, 2.24) is 15.5 Å². The Labute approximate surface area is 133 Å². The minimum atomic E-state index is -0.697. The maximum Gasteiger partial charge on any atom is 0.152 e. The summed E-state index contributed by atoms with van der Waals surface area (Å²) < 4.78 is 18.5. The lowest BCUT2D eigenvalue weighted by Crippen LogP contribution is -2.21. The summed E-state index contributed by atoms with van der Waals surface area (Å²) in [5.41, 5.74) is 2.44. The minimum Gasteiger partial charge on any atom is -0.460 e. The molecule has 0 bridgehead atoms. The first-order valence-corrected chi connectivity index (χ1v) is 7.37. The monoisotopic (exact) mass is 315 g/mol. The molecule has 3 aromatic rings. The van der Waals surface area contributed by atoms with Gasteiger partial charge in [0.25, 0.3) is 0 Å². The molecule has 6 heteroatoms. The molecular formula is C17H18FN3O2. The van der Waals surface area contributed by atoms with Crippen molar-refractivity contribution in [3.8, 4) is 11.5 Å². The number of hydrogen-bond acceptors (Lipinski definition) is 4. The normalized spacial score (nSPS) is 12.5. The van der Waals surface area contributed by atoms with E-state index in [1.165, 1.54) is 12.1 Å². The summed E-state index contributed by atoms with van der Waals surface area (Å²) in [5, 5.41) is 20.2. The van der Waals surface area contributed by atoms with Crippen LogP contribution in [0.15, 0.2) is 47.0 Å². The van der Waals surface area contributed by atoms with Gasteiger partial charge in [-0.15, -0.1) is 0 Å². The second kappa shape index (κ2) is 6.76. The van der Waals surface area contributed by atoms with Crippen molar-refractivity contribution >= 4 is 0 Å². The predicted octanol–water partition coefficient (Wildman–Crippen LogP) is 2.94. The van der Waals surface area contributed by atoms with Crippen molar-refractivity contribution in [3.63, 3.8) is 0 Å². The van der Waals surface area contributed by atoms with Crippen LogP contribution < -0.4 is 5.32 Å². The molecule has 0 radical (unpaired) electrons. The molecule has 0 aliphatic rings. The van der Waals surface area contributed by atoms with Crippen molar-refractivity contribution in [2.75, 3.05) is 6.54 Å². The van der Waals surface area contributed by atoms with Gasteiger partial charge in [-0.05, 0) is 36.8 Å². The fourth-order valence-electron chi connectivity index (χ4n) is 2.37. The number of aromatic amines is 1. The minimum absolute atomic E-state index is 0.314. The Morgan fingerprint density at radius 3 is 2.74 bits per heavy atom. The Kier molecular flexibility index (Phi) is 4.55. The van der Waals surface area contributed by atoms with Crippen molar-refractivity contribution in [1.29, 1.82) is 0 Å². The Balaban J connectivity index is 1.59. The highest BCUT2D eigenvalue weighted by Crippen LogP contribution is 2.23. The number of nitrogens with zero attached hydrogens (tertiary/aromatic N) is 1. The summed E-state index contributed by atoms with van der Waals surface area (Å²) in [4.78, 5) is 0. The highest BCUT2D eigenvalue weighted by molar-refractivity contribution is 5.56. The smallest absolute Gasteiger partial charge is 0.152 e. The van der Waals surface area contributed by atoms with Gasteiger partial charge in [-0.2, -0.15) is 5.10 Å². The number of aromatic nitrogens is 2. The van der Waals surface area contributed by atoms with Crippen LogP contribution in [0.2, 0.25) is 0 Å². The molecule has 5 nitrogen and oxygen atoms in total. The van der Waals surface area contributed by atoms with Gasteiger partial charge in [0.2, 0.25) is 0 Å². The van der Waals surface area contributed by atoms with Crippen molar-refractivity contribution in [2.24, 2.45) is 0 Å². The van der Waals surface area contributed by atoms with E-state index >= 15 is 0 Å². The van der Waals surface area contributed by atoms with Crippen molar-refractivity contribution in [3.05, 3.63) is 65.3 Å². The van der Waals surface area contributed by atoms with Crippen LogP contribution in [0.3, 0.4) is 0 Å². The fraction of sp³-hybridized carbons (Fsp3) is 0.235. The second-order valence-electron chi connectivity index (χ2n) is 5.38. The SMILES string of the molecule is Cc1ccc(-c2[nH]ncc2CNCC(O)c2ccc(F)cc2)o1. The number of aryl methyl sites for hydroxylation is 1. The molecule has 1 aromatic carbocycles. The first kappa shape index (κ1) is 15.5. The van der Waals surface area contributed by atoms with Gasteiger partial charge in [0.1, 0.15) is 17.3 Å². The predicted molar refractivity (Wildman–Crippen MR) is 84.1 cm³/mol. The summed E-state index contributed by atoms with van der Waals surface area (Å²) in [6.07, 6.45) is 1.03. The molecule has 23 heavy (non-hydrogen) atoms. The molecule has 0 amide bonds. The molecule has 120 valence electrons. The molecule has 2 aromatic heterocycles. The van der Waals surface area contributed by atoms with Gasteiger partial charge in [-0.3, -0.25) is 5.10 Å². The van der Waals surface area contributed by atoms with Crippen LogP contribution in [0.25, 0.3) is 11.5 Å². The molecule has 0 aliphatic carbocycles. The lowest BCUT2D eigenvalue weighted by Gasteiger charge is -2.12. The van der Waals surface area contributed by atoms with E-state index in [-0.39, 0.29) is 5.82 Å². The summed E-state index contributed by atoms with van der Waals surface area (Å²) in [6, 6.07) is 9.62. The van der Waals surface area contributed by atoms with Crippen LogP contribution in [-0.2, 0) is 6.54 Å². The highest BCUT2D eigenvalue weighted by Gasteiger charge is 2.12. The maximum absolute atomic E-state index is 12.9. The van der Waals surface area contributed by atoms with E-state index in [1.807, 2.05) is 19.1 Å². The van der Waals surface area contributed by atoms with E-state index < -0.39 is 6.10 Å². The van der Waals surface area contributed by atoms with Crippen LogP contribution in [-0.4, -0.2) is 21.8 Å². The largest absolute Gasteiger partial charge is 0.460 e. The highest BCUT2D eigenvalue weighted by atomic mass is 19.1. The number of H-pyrrole nitrogens is 1. The molecule has 2 heterocycles. The number of aliphatic hydroxyl groups excluding tert-OH is 1. The third kappa shape index (κ3) is 3.67.